The number of ether oxygens (including phenoxy) is 1. The fourth-order valence-corrected chi connectivity index (χ4v) is 4.16. The van der Waals surface area contributed by atoms with Crippen molar-refractivity contribution >= 4 is 29.0 Å². The predicted molar refractivity (Wildman–Crippen MR) is 75.4 cm³/mol. The van der Waals surface area contributed by atoms with E-state index >= 15 is 0 Å². The third-order valence-corrected chi connectivity index (χ3v) is 5.14. The minimum Gasteiger partial charge on any atom is -0.464 e. The average molecular weight is 301 g/mol. The van der Waals surface area contributed by atoms with Crippen LogP contribution in [-0.2, 0) is 27.8 Å². The number of hydrogen-bond donors (Lipinski definition) is 1. The Labute approximate surface area is 124 Å². The Morgan fingerprint density at radius 2 is 2.33 bits per heavy atom. The number of carbonyl (C=O) groups excluding carboxylic acids is 2. The average Bonchev–Trinajstić information content (AvgIpc) is 3.10. The van der Waals surface area contributed by atoms with Gasteiger partial charge in [-0.25, -0.2) is 14.8 Å². The molecule has 7 heteroatoms. The van der Waals surface area contributed by atoms with Crippen LogP contribution in [0.3, 0.4) is 0 Å². The molecule has 3 heterocycles. The molecule has 1 amide bonds. The lowest BCUT2D eigenvalue weighted by Gasteiger charge is -2.20. The smallest absolute Gasteiger partial charge is 0.367 e. The minimum absolute atomic E-state index is 0.0407. The predicted octanol–water partition coefficient (Wildman–Crippen LogP) is 1.31. The monoisotopic (exact) mass is 301 g/mol. The summed E-state index contributed by atoms with van der Waals surface area (Å²) in [7, 11) is 1.34. The molecular formula is C14H11N3O3S. The first kappa shape index (κ1) is 12.5. The Hall–Kier alpha value is -2.28. The van der Waals surface area contributed by atoms with Gasteiger partial charge in [-0.15, -0.1) is 11.3 Å². The second-order valence-electron chi connectivity index (χ2n) is 5.17. The highest BCUT2D eigenvalue weighted by Gasteiger charge is 2.52. The van der Waals surface area contributed by atoms with E-state index in [4.69, 9.17) is 0 Å². The maximum atomic E-state index is 12.4. The molecule has 106 valence electrons. The van der Waals surface area contributed by atoms with Crippen LogP contribution in [0.5, 0.6) is 0 Å². The van der Waals surface area contributed by atoms with Crippen molar-refractivity contribution in [3.8, 4) is 0 Å². The Morgan fingerprint density at radius 1 is 1.48 bits per heavy atom. The molecule has 0 saturated carbocycles. The summed E-state index contributed by atoms with van der Waals surface area (Å²) in [5, 5.41) is 3.19. The number of esters is 1. The lowest BCUT2D eigenvalue weighted by molar-refractivity contribution is -0.120. The van der Waals surface area contributed by atoms with Gasteiger partial charge in [0.1, 0.15) is 5.82 Å². The Balaban J connectivity index is 1.75. The molecule has 2 aromatic heterocycles. The number of rotatable bonds is 1. The van der Waals surface area contributed by atoms with Gasteiger partial charge in [0.2, 0.25) is 10.9 Å². The molecule has 0 saturated heterocycles. The van der Waals surface area contributed by atoms with E-state index in [1.165, 1.54) is 18.4 Å². The number of aromatic nitrogens is 2. The normalized spacial score (nSPS) is 22.0. The van der Waals surface area contributed by atoms with Gasteiger partial charge in [-0.2, -0.15) is 0 Å². The van der Waals surface area contributed by atoms with Crippen LogP contribution in [0, 0.1) is 0 Å². The number of carbonyl (C=O) groups is 2. The highest BCUT2D eigenvalue weighted by atomic mass is 32.1. The van der Waals surface area contributed by atoms with Gasteiger partial charge in [0.05, 0.1) is 18.2 Å². The van der Waals surface area contributed by atoms with Crippen molar-refractivity contribution in [1.29, 1.82) is 0 Å². The first-order valence-corrected chi connectivity index (χ1v) is 7.29. The van der Waals surface area contributed by atoms with Crippen molar-refractivity contribution in [1.82, 2.24) is 9.97 Å². The number of fused-ring (bicyclic) bond motifs is 3. The van der Waals surface area contributed by atoms with Gasteiger partial charge in [0, 0.05) is 29.5 Å². The largest absolute Gasteiger partial charge is 0.464 e. The molecule has 1 spiro atoms. The fraction of sp³-hybridized carbons (Fsp3) is 0.286. The maximum Gasteiger partial charge on any atom is 0.367 e. The zero-order valence-electron chi connectivity index (χ0n) is 11.2. The Kier molecular flexibility index (Phi) is 2.44. The van der Waals surface area contributed by atoms with Crippen LogP contribution in [0.4, 0.5) is 5.82 Å². The van der Waals surface area contributed by atoms with E-state index in [2.05, 4.69) is 20.0 Å². The molecule has 6 nitrogen and oxygen atoms in total. The first-order valence-electron chi connectivity index (χ1n) is 6.48. The third-order valence-electron chi connectivity index (χ3n) is 4.06. The second kappa shape index (κ2) is 4.11. The van der Waals surface area contributed by atoms with Crippen LogP contribution in [0.15, 0.2) is 18.3 Å². The molecule has 0 aromatic carbocycles. The Morgan fingerprint density at radius 3 is 3.10 bits per heavy atom. The zero-order valence-corrected chi connectivity index (χ0v) is 12.0. The van der Waals surface area contributed by atoms with Crippen molar-refractivity contribution in [2.45, 2.75) is 18.3 Å². The van der Waals surface area contributed by atoms with Gasteiger partial charge in [0.15, 0.2) is 0 Å². The van der Waals surface area contributed by atoms with Crippen LogP contribution in [-0.4, -0.2) is 29.0 Å². The van der Waals surface area contributed by atoms with Gasteiger partial charge in [0.25, 0.3) is 0 Å². The summed E-state index contributed by atoms with van der Waals surface area (Å²) in [6.45, 7) is 0. The minimum atomic E-state index is -0.619. The molecule has 1 N–H and O–H groups in total. The molecule has 2 aromatic rings. The van der Waals surface area contributed by atoms with Gasteiger partial charge in [-0.3, -0.25) is 4.79 Å². The number of anilines is 1. The molecule has 1 aliphatic carbocycles. The van der Waals surface area contributed by atoms with Crippen molar-refractivity contribution in [2.24, 2.45) is 0 Å². The lowest BCUT2D eigenvalue weighted by atomic mass is 9.80. The van der Waals surface area contributed by atoms with Crippen molar-refractivity contribution < 1.29 is 14.3 Å². The molecule has 0 bridgehead atoms. The van der Waals surface area contributed by atoms with E-state index in [-0.39, 0.29) is 5.91 Å². The maximum absolute atomic E-state index is 12.4. The molecule has 0 fully saturated rings. The number of methoxy groups -OCH3 is 1. The molecule has 2 aliphatic rings. The number of nitrogens with zero attached hydrogens (tertiary/aromatic N) is 2. The van der Waals surface area contributed by atoms with E-state index in [1.807, 2.05) is 12.1 Å². The SMILES string of the molecule is COC(=O)c1nc2c(s1)CC1(C2)C(=O)Nc2ncccc21. The van der Waals surface area contributed by atoms with Crippen LogP contribution < -0.4 is 5.32 Å². The van der Waals surface area contributed by atoms with E-state index < -0.39 is 11.4 Å². The van der Waals surface area contributed by atoms with E-state index in [0.717, 1.165) is 16.1 Å². The lowest BCUT2D eigenvalue weighted by Crippen LogP contribution is -2.35. The summed E-state index contributed by atoms with van der Waals surface area (Å²) in [6, 6.07) is 3.76. The summed E-state index contributed by atoms with van der Waals surface area (Å²) >= 11 is 1.31. The molecule has 1 unspecified atom stereocenters. The number of amides is 1. The second-order valence-corrected chi connectivity index (χ2v) is 6.25. The van der Waals surface area contributed by atoms with E-state index in [0.29, 0.717) is 23.7 Å². The topological polar surface area (TPSA) is 81.2 Å². The quantitative estimate of drug-likeness (QED) is 0.803. The summed E-state index contributed by atoms with van der Waals surface area (Å²) in [4.78, 5) is 33.5. The standard InChI is InChI=1S/C14H11N3O3S/c1-20-12(18)11-16-8-5-14(6-9(8)21-11)7-3-2-4-15-10(7)17-13(14)19/h2-4H,5-6H2,1H3,(H,15,17,19). The number of pyridine rings is 1. The summed E-state index contributed by atoms with van der Waals surface area (Å²) in [6.07, 6.45) is 2.72. The van der Waals surface area contributed by atoms with Gasteiger partial charge in [-0.05, 0) is 6.07 Å². The number of hydrogen-bond acceptors (Lipinski definition) is 6. The molecule has 1 aliphatic heterocycles. The molecule has 1 atom stereocenters. The molecule has 4 rings (SSSR count). The molecule has 0 radical (unpaired) electrons. The highest BCUT2D eigenvalue weighted by molar-refractivity contribution is 7.13. The number of thiazole rings is 1. The van der Waals surface area contributed by atoms with Crippen LogP contribution >= 0.6 is 11.3 Å². The van der Waals surface area contributed by atoms with Gasteiger partial charge < -0.3 is 10.1 Å². The van der Waals surface area contributed by atoms with Gasteiger partial charge in [-0.1, -0.05) is 6.07 Å². The molecule has 21 heavy (non-hydrogen) atoms. The highest BCUT2D eigenvalue weighted by Crippen LogP contribution is 2.47. The van der Waals surface area contributed by atoms with Crippen LogP contribution in [0.1, 0.15) is 25.9 Å². The van der Waals surface area contributed by atoms with Crippen molar-refractivity contribution in [3.05, 3.63) is 39.5 Å². The van der Waals surface area contributed by atoms with Crippen LogP contribution in [0.25, 0.3) is 0 Å². The Bertz CT molecular complexity index is 760. The van der Waals surface area contributed by atoms with E-state index in [9.17, 15) is 9.59 Å². The third kappa shape index (κ3) is 1.58. The number of nitrogens with one attached hydrogen (secondary N) is 1. The van der Waals surface area contributed by atoms with Gasteiger partial charge >= 0.3 is 5.97 Å². The summed E-state index contributed by atoms with van der Waals surface area (Å²) in [5.74, 6) is 0.160. The van der Waals surface area contributed by atoms with Crippen molar-refractivity contribution in [3.63, 3.8) is 0 Å². The van der Waals surface area contributed by atoms with Crippen molar-refractivity contribution in [2.75, 3.05) is 12.4 Å². The first-order chi connectivity index (χ1) is 10.1. The molecular weight excluding hydrogens is 290 g/mol. The summed E-state index contributed by atoms with van der Waals surface area (Å²) in [5.41, 5.74) is 1.11. The zero-order chi connectivity index (χ0) is 14.6. The van der Waals surface area contributed by atoms with Crippen LogP contribution in [0.2, 0.25) is 0 Å². The van der Waals surface area contributed by atoms with E-state index in [1.54, 1.807) is 6.20 Å². The fourth-order valence-electron chi connectivity index (χ4n) is 3.05. The summed E-state index contributed by atoms with van der Waals surface area (Å²) < 4.78 is 4.69.